The highest BCUT2D eigenvalue weighted by Gasteiger charge is 2.13. The molecule has 0 unspecified atom stereocenters. The minimum Gasteiger partial charge on any atom is -0.409 e. The van der Waals surface area contributed by atoms with Crippen LogP contribution in [0.4, 0.5) is 0 Å². The van der Waals surface area contributed by atoms with Gasteiger partial charge in [-0.1, -0.05) is 38.9 Å². The summed E-state index contributed by atoms with van der Waals surface area (Å²) in [5.74, 6) is 0.134. The predicted molar refractivity (Wildman–Crippen MR) is 89.0 cm³/mol. The number of hydrogen-bond acceptors (Lipinski definition) is 4. The predicted octanol–water partition coefficient (Wildman–Crippen LogP) is 4.42. The highest BCUT2D eigenvalue weighted by Crippen LogP contribution is 2.35. The van der Waals surface area contributed by atoms with Gasteiger partial charge in [-0.05, 0) is 42.7 Å². The Balaban J connectivity index is 2.43. The van der Waals surface area contributed by atoms with E-state index in [2.05, 4.69) is 21.1 Å². The molecule has 0 fully saturated rings. The van der Waals surface area contributed by atoms with Crippen LogP contribution >= 0.6 is 39.5 Å². The normalized spacial score (nSPS) is 11.6. The van der Waals surface area contributed by atoms with Crippen molar-refractivity contribution in [2.45, 2.75) is 14.7 Å². The van der Waals surface area contributed by atoms with Gasteiger partial charge >= 0.3 is 0 Å². The standard InChI is InChI=1S/C14H13BrN2OS2/c1-19-11-3-2-4-12(13(11)14(16)17-18)20-10-7-5-9(15)6-8-10/h2-8,18H,1H3,(H2,16,17). The van der Waals surface area contributed by atoms with Gasteiger partial charge in [0.1, 0.15) is 0 Å². The second-order valence-corrected chi connectivity index (χ2v) is 6.75. The molecule has 20 heavy (non-hydrogen) atoms. The Kier molecular flexibility index (Phi) is 5.39. The smallest absolute Gasteiger partial charge is 0.172 e. The molecule has 104 valence electrons. The van der Waals surface area contributed by atoms with Crippen LogP contribution in [0, 0.1) is 0 Å². The molecule has 0 saturated heterocycles. The molecule has 0 aromatic heterocycles. The summed E-state index contributed by atoms with van der Waals surface area (Å²) in [7, 11) is 0. The van der Waals surface area contributed by atoms with Gasteiger partial charge in [-0.2, -0.15) is 0 Å². The maximum Gasteiger partial charge on any atom is 0.172 e. The summed E-state index contributed by atoms with van der Waals surface area (Å²) in [5, 5.41) is 12.1. The maximum absolute atomic E-state index is 8.97. The maximum atomic E-state index is 8.97. The van der Waals surface area contributed by atoms with Crippen LogP contribution in [0.2, 0.25) is 0 Å². The Hall–Kier alpha value is -1.11. The van der Waals surface area contributed by atoms with Crippen molar-refractivity contribution in [1.29, 1.82) is 0 Å². The first-order valence-corrected chi connectivity index (χ1v) is 8.57. The summed E-state index contributed by atoms with van der Waals surface area (Å²) in [6.45, 7) is 0. The van der Waals surface area contributed by atoms with E-state index in [1.165, 1.54) is 0 Å². The van der Waals surface area contributed by atoms with Crippen LogP contribution in [0.1, 0.15) is 5.56 Å². The van der Waals surface area contributed by atoms with Crippen LogP contribution in [0.15, 0.2) is 66.8 Å². The van der Waals surface area contributed by atoms with E-state index in [1.807, 2.05) is 48.7 Å². The summed E-state index contributed by atoms with van der Waals surface area (Å²) in [4.78, 5) is 3.05. The van der Waals surface area contributed by atoms with Crippen molar-refractivity contribution in [3.63, 3.8) is 0 Å². The summed E-state index contributed by atoms with van der Waals surface area (Å²) < 4.78 is 1.04. The Labute approximate surface area is 134 Å². The topological polar surface area (TPSA) is 58.6 Å². The molecule has 0 amide bonds. The van der Waals surface area contributed by atoms with Crippen LogP contribution in [-0.2, 0) is 0 Å². The minimum absolute atomic E-state index is 0.134. The number of thioether (sulfide) groups is 1. The van der Waals surface area contributed by atoms with Crippen molar-refractivity contribution >= 4 is 45.3 Å². The fraction of sp³-hybridized carbons (Fsp3) is 0.0714. The van der Waals surface area contributed by atoms with E-state index in [-0.39, 0.29) is 5.84 Å². The number of hydrogen-bond donors (Lipinski definition) is 2. The zero-order chi connectivity index (χ0) is 14.5. The first-order valence-electron chi connectivity index (χ1n) is 5.74. The van der Waals surface area contributed by atoms with Gasteiger partial charge in [0, 0.05) is 24.7 Å². The molecule has 2 aromatic rings. The number of rotatable bonds is 4. The molecule has 0 radical (unpaired) electrons. The first kappa shape index (κ1) is 15.3. The second kappa shape index (κ2) is 7.06. The quantitative estimate of drug-likeness (QED) is 0.275. The van der Waals surface area contributed by atoms with Gasteiger partial charge in [0.2, 0.25) is 0 Å². The second-order valence-electron chi connectivity index (χ2n) is 3.87. The van der Waals surface area contributed by atoms with Crippen molar-refractivity contribution in [3.05, 3.63) is 52.5 Å². The molecule has 0 aliphatic carbocycles. The molecule has 0 aliphatic heterocycles. The molecule has 6 heteroatoms. The molecular weight excluding hydrogens is 356 g/mol. The minimum atomic E-state index is 0.134. The summed E-state index contributed by atoms with van der Waals surface area (Å²) >= 11 is 6.58. The molecule has 3 nitrogen and oxygen atoms in total. The number of amidine groups is 1. The lowest BCUT2D eigenvalue weighted by atomic mass is 10.2. The van der Waals surface area contributed by atoms with E-state index >= 15 is 0 Å². The highest BCUT2D eigenvalue weighted by molar-refractivity contribution is 9.10. The number of halogens is 1. The van der Waals surface area contributed by atoms with E-state index in [4.69, 9.17) is 10.9 Å². The zero-order valence-electron chi connectivity index (χ0n) is 10.7. The van der Waals surface area contributed by atoms with Crippen molar-refractivity contribution in [3.8, 4) is 0 Å². The average Bonchev–Trinajstić information content (AvgIpc) is 2.48. The van der Waals surface area contributed by atoms with Crippen molar-refractivity contribution < 1.29 is 5.21 Å². The number of oxime groups is 1. The fourth-order valence-corrected chi connectivity index (χ4v) is 3.65. The number of nitrogens with two attached hydrogens (primary N) is 1. The summed E-state index contributed by atoms with van der Waals surface area (Å²) in [5.41, 5.74) is 6.59. The molecule has 2 rings (SSSR count). The van der Waals surface area contributed by atoms with Crippen LogP contribution in [0.25, 0.3) is 0 Å². The first-order chi connectivity index (χ1) is 9.65. The number of nitrogens with zero attached hydrogens (tertiary/aromatic N) is 1. The fourth-order valence-electron chi connectivity index (χ4n) is 1.70. The molecule has 0 saturated carbocycles. The Bertz CT molecular complexity index is 630. The summed E-state index contributed by atoms with van der Waals surface area (Å²) in [6.07, 6.45) is 1.97. The number of benzene rings is 2. The van der Waals surface area contributed by atoms with E-state index in [0.717, 1.165) is 24.7 Å². The monoisotopic (exact) mass is 368 g/mol. The molecule has 2 aromatic carbocycles. The molecule has 3 N–H and O–H groups in total. The van der Waals surface area contributed by atoms with Gasteiger partial charge in [0.25, 0.3) is 0 Å². The zero-order valence-corrected chi connectivity index (χ0v) is 13.9. The van der Waals surface area contributed by atoms with Gasteiger partial charge in [0.05, 0.1) is 0 Å². The Morgan fingerprint density at radius 2 is 1.80 bits per heavy atom. The van der Waals surface area contributed by atoms with E-state index < -0.39 is 0 Å². The largest absolute Gasteiger partial charge is 0.409 e. The van der Waals surface area contributed by atoms with Crippen molar-refractivity contribution in [2.24, 2.45) is 10.9 Å². The van der Waals surface area contributed by atoms with Crippen LogP contribution in [0.3, 0.4) is 0 Å². The third kappa shape index (κ3) is 3.50. The van der Waals surface area contributed by atoms with Crippen LogP contribution in [-0.4, -0.2) is 17.3 Å². The van der Waals surface area contributed by atoms with Crippen molar-refractivity contribution in [2.75, 3.05) is 6.26 Å². The van der Waals surface area contributed by atoms with Gasteiger partial charge in [-0.25, -0.2) is 0 Å². The highest BCUT2D eigenvalue weighted by atomic mass is 79.9. The average molecular weight is 369 g/mol. The lowest BCUT2D eigenvalue weighted by Gasteiger charge is -2.12. The van der Waals surface area contributed by atoms with E-state index in [0.29, 0.717) is 0 Å². The SMILES string of the molecule is CSc1cccc(Sc2ccc(Br)cc2)c1/C(N)=N/O. The van der Waals surface area contributed by atoms with Gasteiger partial charge in [-0.15, -0.1) is 11.8 Å². The van der Waals surface area contributed by atoms with Crippen LogP contribution < -0.4 is 5.73 Å². The molecule has 0 atom stereocenters. The lowest BCUT2D eigenvalue weighted by Crippen LogP contribution is -2.15. The lowest BCUT2D eigenvalue weighted by molar-refractivity contribution is 0.318. The molecule has 0 bridgehead atoms. The van der Waals surface area contributed by atoms with E-state index in [9.17, 15) is 0 Å². The Morgan fingerprint density at radius 3 is 2.40 bits per heavy atom. The van der Waals surface area contributed by atoms with Crippen molar-refractivity contribution in [1.82, 2.24) is 0 Å². The van der Waals surface area contributed by atoms with E-state index in [1.54, 1.807) is 23.5 Å². The Morgan fingerprint density at radius 1 is 1.15 bits per heavy atom. The third-order valence-electron chi connectivity index (χ3n) is 2.61. The third-order valence-corrected chi connectivity index (χ3v) is 4.99. The summed E-state index contributed by atoms with van der Waals surface area (Å²) in [6, 6.07) is 13.9. The molecule has 0 aliphatic rings. The van der Waals surface area contributed by atoms with Gasteiger partial charge in [0.15, 0.2) is 5.84 Å². The van der Waals surface area contributed by atoms with Gasteiger partial charge < -0.3 is 10.9 Å². The molecule has 0 heterocycles. The molecule has 0 spiro atoms. The van der Waals surface area contributed by atoms with Gasteiger partial charge in [-0.3, -0.25) is 0 Å². The molecular formula is C14H13BrN2OS2. The van der Waals surface area contributed by atoms with Crippen LogP contribution in [0.5, 0.6) is 0 Å².